The van der Waals surface area contributed by atoms with E-state index in [0.29, 0.717) is 27.3 Å². The number of amides is 3. The van der Waals surface area contributed by atoms with Gasteiger partial charge in [0.1, 0.15) is 4.88 Å². The zero-order chi connectivity index (χ0) is 21.2. The lowest BCUT2D eigenvalue weighted by atomic mass is 9.70. The highest BCUT2D eigenvalue weighted by Gasteiger charge is 2.33. The fourth-order valence-corrected chi connectivity index (χ4v) is 5.21. The summed E-state index contributed by atoms with van der Waals surface area (Å²) in [4.78, 5) is 30.0. The summed E-state index contributed by atoms with van der Waals surface area (Å²) in [5, 5.41) is 9.10. The van der Waals surface area contributed by atoms with Crippen LogP contribution in [-0.2, 0) is 0 Å². The van der Waals surface area contributed by atoms with Crippen molar-refractivity contribution in [1.82, 2.24) is 10.3 Å². The highest BCUT2D eigenvalue weighted by atomic mass is 32.1. The molecule has 3 rings (SSSR count). The van der Waals surface area contributed by atoms with Gasteiger partial charge in [0.15, 0.2) is 5.13 Å². The molecule has 0 radical (unpaired) electrons. The van der Waals surface area contributed by atoms with Crippen LogP contribution in [0.2, 0.25) is 0 Å². The molecular weight excluding hydrogens is 384 g/mol. The van der Waals surface area contributed by atoms with E-state index in [9.17, 15) is 9.59 Å². The Labute approximate surface area is 176 Å². The van der Waals surface area contributed by atoms with Crippen LogP contribution in [-0.4, -0.2) is 23.0 Å². The molecule has 1 saturated carbocycles. The number of nitrogens with zero attached hydrogens (tertiary/aromatic N) is 1. The summed E-state index contributed by atoms with van der Waals surface area (Å²) in [5.74, 6) is 0.483. The quantitative estimate of drug-likeness (QED) is 0.631. The van der Waals surface area contributed by atoms with E-state index in [1.807, 2.05) is 31.2 Å². The lowest BCUT2D eigenvalue weighted by molar-refractivity contribution is 0.0877. The summed E-state index contributed by atoms with van der Waals surface area (Å²) in [6.45, 7) is 10.5. The summed E-state index contributed by atoms with van der Waals surface area (Å²) in [6.07, 6.45) is 3.16. The molecule has 1 aromatic heterocycles. The second-order valence-electron chi connectivity index (χ2n) is 8.97. The van der Waals surface area contributed by atoms with Crippen LogP contribution in [0.25, 0.3) is 0 Å². The van der Waals surface area contributed by atoms with Gasteiger partial charge in [0, 0.05) is 11.7 Å². The first kappa shape index (κ1) is 21.3. The second-order valence-corrected chi connectivity index (χ2v) is 9.96. The van der Waals surface area contributed by atoms with Crippen molar-refractivity contribution in [2.45, 2.75) is 59.9 Å². The Morgan fingerprint density at radius 3 is 2.62 bits per heavy atom. The monoisotopic (exact) mass is 414 g/mol. The van der Waals surface area contributed by atoms with E-state index < -0.39 is 0 Å². The minimum atomic E-state index is -0.376. The number of thiazole rings is 1. The van der Waals surface area contributed by atoms with Crippen LogP contribution >= 0.6 is 11.3 Å². The molecule has 1 aromatic carbocycles. The average molecular weight is 415 g/mol. The third-order valence-corrected chi connectivity index (χ3v) is 6.29. The van der Waals surface area contributed by atoms with Crippen LogP contribution in [0.15, 0.2) is 24.3 Å². The number of nitrogens with one attached hydrogen (secondary N) is 3. The zero-order valence-electron chi connectivity index (χ0n) is 17.8. The topological polar surface area (TPSA) is 83.1 Å². The molecule has 1 aliphatic carbocycles. The maximum absolute atomic E-state index is 12.8. The standard InChI is InChI=1S/C22H30N4O2S/c1-13-7-6-8-16(9-13)25-20(28)26-21-23-15(3)18(29-21)19(27)24-17-10-14(2)11-22(4,5)12-17/h6-9,14,17H,10-12H2,1-5H3,(H,24,27)(H2,23,25,26,28). The lowest BCUT2D eigenvalue weighted by Gasteiger charge is -2.39. The van der Waals surface area contributed by atoms with Crippen molar-refractivity contribution in [2.24, 2.45) is 11.3 Å². The molecule has 1 fully saturated rings. The SMILES string of the molecule is Cc1cccc(NC(=O)Nc2nc(C)c(C(=O)NC3CC(C)CC(C)(C)C3)s2)c1. The number of hydrogen-bond acceptors (Lipinski definition) is 4. The summed E-state index contributed by atoms with van der Waals surface area (Å²) in [7, 11) is 0. The van der Waals surface area contributed by atoms with Crippen LogP contribution < -0.4 is 16.0 Å². The maximum Gasteiger partial charge on any atom is 0.325 e. The molecule has 156 valence electrons. The predicted octanol–water partition coefficient (Wildman–Crippen LogP) is 5.35. The molecule has 3 amide bonds. The molecule has 0 spiro atoms. The molecule has 2 atom stereocenters. The zero-order valence-corrected chi connectivity index (χ0v) is 18.6. The number of rotatable bonds is 4. The van der Waals surface area contributed by atoms with Gasteiger partial charge in [-0.25, -0.2) is 9.78 Å². The molecule has 29 heavy (non-hydrogen) atoms. The molecule has 6 nitrogen and oxygen atoms in total. The van der Waals surface area contributed by atoms with Gasteiger partial charge in [0.25, 0.3) is 5.91 Å². The number of aromatic nitrogens is 1. The maximum atomic E-state index is 12.8. The molecule has 1 aliphatic rings. The molecule has 0 bridgehead atoms. The Hall–Kier alpha value is -2.41. The van der Waals surface area contributed by atoms with Gasteiger partial charge in [-0.3, -0.25) is 10.1 Å². The molecule has 2 unspecified atom stereocenters. The molecule has 0 aliphatic heterocycles. The van der Waals surface area contributed by atoms with Gasteiger partial charge >= 0.3 is 6.03 Å². The van der Waals surface area contributed by atoms with Crippen LogP contribution in [0.1, 0.15) is 61.0 Å². The second kappa shape index (κ2) is 8.53. The van der Waals surface area contributed by atoms with E-state index in [1.54, 1.807) is 6.92 Å². The predicted molar refractivity (Wildman–Crippen MR) is 119 cm³/mol. The van der Waals surface area contributed by atoms with Crippen LogP contribution in [0.3, 0.4) is 0 Å². The first-order chi connectivity index (χ1) is 13.6. The normalized spacial score (nSPS) is 20.7. The van der Waals surface area contributed by atoms with Crippen molar-refractivity contribution in [3.63, 3.8) is 0 Å². The van der Waals surface area contributed by atoms with Gasteiger partial charge in [-0.1, -0.05) is 44.2 Å². The van der Waals surface area contributed by atoms with Crippen molar-refractivity contribution < 1.29 is 9.59 Å². The Kier molecular flexibility index (Phi) is 6.27. The van der Waals surface area contributed by atoms with Gasteiger partial charge in [0.05, 0.1) is 5.69 Å². The lowest BCUT2D eigenvalue weighted by Crippen LogP contribution is -2.42. The first-order valence-electron chi connectivity index (χ1n) is 10.0. The van der Waals surface area contributed by atoms with Crippen LogP contribution in [0.4, 0.5) is 15.6 Å². The minimum Gasteiger partial charge on any atom is -0.349 e. The number of carbonyl (C=O) groups excluding carboxylic acids is 2. The fourth-order valence-electron chi connectivity index (χ4n) is 4.35. The van der Waals surface area contributed by atoms with E-state index in [0.717, 1.165) is 18.4 Å². The van der Waals surface area contributed by atoms with Crippen molar-refractivity contribution in [1.29, 1.82) is 0 Å². The van der Waals surface area contributed by atoms with E-state index in [-0.39, 0.29) is 23.4 Å². The largest absolute Gasteiger partial charge is 0.349 e. The van der Waals surface area contributed by atoms with Gasteiger partial charge in [-0.05, 0) is 62.1 Å². The first-order valence-corrected chi connectivity index (χ1v) is 10.9. The number of benzene rings is 1. The Morgan fingerprint density at radius 1 is 1.17 bits per heavy atom. The van der Waals surface area contributed by atoms with Crippen molar-refractivity contribution in [3.05, 3.63) is 40.4 Å². The number of anilines is 2. The minimum absolute atomic E-state index is 0.109. The Balaban J connectivity index is 1.62. The van der Waals surface area contributed by atoms with Crippen molar-refractivity contribution >= 4 is 34.1 Å². The summed E-state index contributed by atoms with van der Waals surface area (Å²) in [6, 6.07) is 7.35. The third kappa shape index (κ3) is 5.79. The molecule has 0 saturated heterocycles. The Morgan fingerprint density at radius 2 is 1.93 bits per heavy atom. The number of carbonyl (C=O) groups is 2. The summed E-state index contributed by atoms with van der Waals surface area (Å²) in [5.41, 5.74) is 2.63. The molecule has 2 aromatic rings. The van der Waals surface area contributed by atoms with E-state index >= 15 is 0 Å². The van der Waals surface area contributed by atoms with Gasteiger partial charge in [-0.2, -0.15) is 0 Å². The molecule has 7 heteroatoms. The van der Waals surface area contributed by atoms with E-state index in [2.05, 4.69) is 41.7 Å². The van der Waals surface area contributed by atoms with E-state index in [4.69, 9.17) is 0 Å². The Bertz CT molecular complexity index is 906. The highest BCUT2D eigenvalue weighted by Crippen LogP contribution is 2.38. The van der Waals surface area contributed by atoms with E-state index in [1.165, 1.54) is 17.8 Å². The summed E-state index contributed by atoms with van der Waals surface area (Å²) >= 11 is 1.20. The third-order valence-electron chi connectivity index (χ3n) is 5.22. The van der Waals surface area contributed by atoms with Crippen molar-refractivity contribution in [2.75, 3.05) is 10.6 Å². The molecular formula is C22H30N4O2S. The van der Waals surface area contributed by atoms with Gasteiger partial charge in [0.2, 0.25) is 0 Å². The molecule has 3 N–H and O–H groups in total. The van der Waals surface area contributed by atoms with Crippen LogP contribution in [0.5, 0.6) is 0 Å². The highest BCUT2D eigenvalue weighted by molar-refractivity contribution is 7.17. The fraction of sp³-hybridized carbons (Fsp3) is 0.500. The average Bonchev–Trinajstić information content (AvgIpc) is 2.93. The number of hydrogen-bond donors (Lipinski definition) is 3. The summed E-state index contributed by atoms with van der Waals surface area (Å²) < 4.78 is 0. The molecule has 1 heterocycles. The number of urea groups is 1. The number of aryl methyl sites for hydroxylation is 2. The van der Waals surface area contributed by atoms with Crippen LogP contribution in [0, 0.1) is 25.2 Å². The van der Waals surface area contributed by atoms with Gasteiger partial charge in [-0.15, -0.1) is 0 Å². The smallest absolute Gasteiger partial charge is 0.325 e. The van der Waals surface area contributed by atoms with Gasteiger partial charge < -0.3 is 10.6 Å². The van der Waals surface area contributed by atoms with Crippen molar-refractivity contribution in [3.8, 4) is 0 Å².